The molecule has 0 bridgehead atoms. The van der Waals surface area contributed by atoms with Gasteiger partial charge in [-0.05, 0) is 18.8 Å². The van der Waals surface area contributed by atoms with E-state index in [1.165, 1.54) is 0 Å². The Kier molecular flexibility index (Phi) is 2.89. The quantitative estimate of drug-likeness (QED) is 0.556. The number of hydrogen-bond donors (Lipinski definition) is 0. The number of ketones is 1. The Hall–Kier alpha value is -0.330. The molecule has 0 saturated heterocycles. The van der Waals surface area contributed by atoms with E-state index in [1.54, 1.807) is 6.92 Å². The molecule has 0 aromatic carbocycles. The highest BCUT2D eigenvalue weighted by Crippen LogP contribution is 2.18. The van der Waals surface area contributed by atoms with Crippen molar-refractivity contribution in [2.45, 2.75) is 34.1 Å². The van der Waals surface area contributed by atoms with E-state index in [1.807, 2.05) is 6.42 Å². The van der Waals surface area contributed by atoms with Gasteiger partial charge in [0.15, 0.2) is 0 Å². The number of Topliss-reactive ketones (excluding diaryl/α,β-unsaturated/α-hetero) is 1. The van der Waals surface area contributed by atoms with Crippen LogP contribution in [0.3, 0.4) is 0 Å². The number of carbonyl (C=O) groups is 1. The third-order valence-corrected chi connectivity index (χ3v) is 1.00. The van der Waals surface area contributed by atoms with E-state index >= 15 is 0 Å². The first-order valence-electron chi connectivity index (χ1n) is 3.25. The Bertz CT molecular complexity index is 97.6. The van der Waals surface area contributed by atoms with E-state index in [-0.39, 0.29) is 11.2 Å². The highest BCUT2D eigenvalue weighted by Gasteiger charge is 2.10. The SMILES string of the molecule is CC(=O)C[CH]C(C)(C)C. The van der Waals surface area contributed by atoms with Crippen molar-refractivity contribution in [3.05, 3.63) is 6.42 Å². The summed E-state index contributed by atoms with van der Waals surface area (Å²) in [5, 5.41) is 0. The third-order valence-electron chi connectivity index (χ3n) is 1.00. The standard InChI is InChI=1S/C8H15O/c1-7(9)5-6-8(2,3)4/h6H,5H2,1-4H3. The average Bonchev–Trinajstić information content (AvgIpc) is 1.59. The fourth-order valence-corrected chi connectivity index (χ4v) is 0.450. The summed E-state index contributed by atoms with van der Waals surface area (Å²) in [5.41, 5.74) is 0.186. The zero-order valence-electron chi connectivity index (χ0n) is 6.69. The van der Waals surface area contributed by atoms with Gasteiger partial charge in [-0.2, -0.15) is 0 Å². The van der Waals surface area contributed by atoms with Crippen LogP contribution in [-0.4, -0.2) is 5.78 Å². The summed E-state index contributed by atoms with van der Waals surface area (Å²) in [5.74, 6) is 0.241. The molecule has 1 heteroatoms. The summed E-state index contributed by atoms with van der Waals surface area (Å²) in [7, 11) is 0. The summed E-state index contributed by atoms with van der Waals surface area (Å²) in [4.78, 5) is 10.5. The fraction of sp³-hybridized carbons (Fsp3) is 0.750. The minimum Gasteiger partial charge on any atom is -0.300 e. The van der Waals surface area contributed by atoms with E-state index in [9.17, 15) is 4.79 Å². The van der Waals surface area contributed by atoms with Gasteiger partial charge in [0, 0.05) is 6.42 Å². The zero-order valence-corrected chi connectivity index (χ0v) is 6.69. The molecule has 0 amide bonds. The molecule has 53 valence electrons. The highest BCUT2D eigenvalue weighted by atomic mass is 16.1. The van der Waals surface area contributed by atoms with Crippen LogP contribution >= 0.6 is 0 Å². The van der Waals surface area contributed by atoms with Gasteiger partial charge < -0.3 is 4.79 Å². The molecule has 1 nitrogen and oxygen atoms in total. The molecule has 0 N–H and O–H groups in total. The number of carbonyl (C=O) groups excluding carboxylic acids is 1. The van der Waals surface area contributed by atoms with Crippen LogP contribution in [0.2, 0.25) is 0 Å². The number of hydrogen-bond acceptors (Lipinski definition) is 1. The molecular formula is C8H15O. The molecule has 0 aliphatic carbocycles. The molecule has 0 rings (SSSR count). The summed E-state index contributed by atoms with van der Waals surface area (Å²) >= 11 is 0. The number of rotatable bonds is 2. The van der Waals surface area contributed by atoms with E-state index in [4.69, 9.17) is 0 Å². The molecule has 0 unspecified atom stereocenters. The Morgan fingerprint density at radius 1 is 1.44 bits per heavy atom. The van der Waals surface area contributed by atoms with Crippen LogP contribution in [0, 0.1) is 11.8 Å². The first-order chi connectivity index (χ1) is 3.92. The van der Waals surface area contributed by atoms with Crippen molar-refractivity contribution in [2.75, 3.05) is 0 Å². The Morgan fingerprint density at radius 3 is 2.00 bits per heavy atom. The second-order valence-electron chi connectivity index (χ2n) is 3.48. The lowest BCUT2D eigenvalue weighted by atomic mass is 9.90. The second-order valence-corrected chi connectivity index (χ2v) is 3.48. The minimum absolute atomic E-state index is 0.186. The van der Waals surface area contributed by atoms with Gasteiger partial charge in [-0.3, -0.25) is 0 Å². The molecule has 0 atom stereocenters. The van der Waals surface area contributed by atoms with Crippen molar-refractivity contribution >= 4 is 5.78 Å². The van der Waals surface area contributed by atoms with Crippen LogP contribution in [0.4, 0.5) is 0 Å². The van der Waals surface area contributed by atoms with Crippen LogP contribution in [0.25, 0.3) is 0 Å². The fourth-order valence-electron chi connectivity index (χ4n) is 0.450. The molecule has 0 fully saturated rings. The molecule has 1 radical (unpaired) electrons. The molecule has 9 heavy (non-hydrogen) atoms. The van der Waals surface area contributed by atoms with E-state index in [0.717, 1.165) is 0 Å². The normalized spacial score (nSPS) is 11.6. The minimum atomic E-state index is 0.186. The lowest BCUT2D eigenvalue weighted by Crippen LogP contribution is -2.07. The van der Waals surface area contributed by atoms with Gasteiger partial charge in [0.2, 0.25) is 0 Å². The van der Waals surface area contributed by atoms with Crippen LogP contribution in [-0.2, 0) is 4.79 Å². The lowest BCUT2D eigenvalue weighted by Gasteiger charge is -2.15. The topological polar surface area (TPSA) is 17.1 Å². The van der Waals surface area contributed by atoms with Crippen LogP contribution in [0.1, 0.15) is 34.1 Å². The molecule has 0 spiro atoms. The van der Waals surface area contributed by atoms with E-state index in [0.29, 0.717) is 6.42 Å². The van der Waals surface area contributed by atoms with Crippen molar-refractivity contribution < 1.29 is 4.79 Å². The predicted molar refractivity (Wildman–Crippen MR) is 39.1 cm³/mol. The van der Waals surface area contributed by atoms with Gasteiger partial charge in [0.05, 0.1) is 0 Å². The first kappa shape index (κ1) is 8.67. The van der Waals surface area contributed by atoms with Crippen LogP contribution in [0.15, 0.2) is 0 Å². The summed E-state index contributed by atoms with van der Waals surface area (Å²) < 4.78 is 0. The van der Waals surface area contributed by atoms with Crippen molar-refractivity contribution in [1.29, 1.82) is 0 Å². The predicted octanol–water partition coefficient (Wildman–Crippen LogP) is 2.22. The van der Waals surface area contributed by atoms with Gasteiger partial charge in [-0.1, -0.05) is 20.8 Å². The van der Waals surface area contributed by atoms with Crippen LogP contribution < -0.4 is 0 Å². The third kappa shape index (κ3) is 7.67. The molecule has 0 aliphatic rings. The van der Waals surface area contributed by atoms with Crippen LogP contribution in [0.5, 0.6) is 0 Å². The zero-order chi connectivity index (χ0) is 7.49. The van der Waals surface area contributed by atoms with Gasteiger partial charge >= 0.3 is 0 Å². The Balaban J connectivity index is 3.39. The van der Waals surface area contributed by atoms with Crippen molar-refractivity contribution in [3.63, 3.8) is 0 Å². The van der Waals surface area contributed by atoms with Gasteiger partial charge in [-0.15, -0.1) is 0 Å². The molecule has 0 aliphatic heterocycles. The maximum atomic E-state index is 10.5. The summed E-state index contributed by atoms with van der Waals surface area (Å²) in [6.07, 6.45) is 2.64. The maximum absolute atomic E-state index is 10.5. The van der Waals surface area contributed by atoms with Gasteiger partial charge in [-0.25, -0.2) is 0 Å². The lowest BCUT2D eigenvalue weighted by molar-refractivity contribution is -0.116. The Labute approximate surface area is 57.5 Å². The van der Waals surface area contributed by atoms with E-state index < -0.39 is 0 Å². The van der Waals surface area contributed by atoms with Crippen molar-refractivity contribution in [2.24, 2.45) is 5.41 Å². The first-order valence-corrected chi connectivity index (χ1v) is 3.25. The van der Waals surface area contributed by atoms with Crippen molar-refractivity contribution in [1.82, 2.24) is 0 Å². The second kappa shape index (κ2) is 3.00. The van der Waals surface area contributed by atoms with E-state index in [2.05, 4.69) is 20.8 Å². The average molecular weight is 127 g/mol. The molecular weight excluding hydrogens is 112 g/mol. The molecule has 0 heterocycles. The Morgan fingerprint density at radius 2 is 1.89 bits per heavy atom. The van der Waals surface area contributed by atoms with Gasteiger partial charge in [0.25, 0.3) is 0 Å². The van der Waals surface area contributed by atoms with Gasteiger partial charge in [0.1, 0.15) is 5.78 Å². The largest absolute Gasteiger partial charge is 0.300 e. The molecule has 0 aromatic rings. The summed E-state index contributed by atoms with van der Waals surface area (Å²) in [6, 6.07) is 0. The smallest absolute Gasteiger partial charge is 0.130 e. The summed E-state index contributed by atoms with van der Waals surface area (Å²) in [6.45, 7) is 7.89. The van der Waals surface area contributed by atoms with Crippen molar-refractivity contribution in [3.8, 4) is 0 Å². The highest BCUT2D eigenvalue weighted by molar-refractivity contribution is 5.76. The maximum Gasteiger partial charge on any atom is 0.130 e. The molecule has 0 saturated carbocycles. The monoisotopic (exact) mass is 127 g/mol. The molecule has 0 aromatic heterocycles.